The van der Waals surface area contributed by atoms with Gasteiger partial charge in [0.25, 0.3) is 5.91 Å². The van der Waals surface area contributed by atoms with Crippen LogP contribution >= 0.6 is 0 Å². The van der Waals surface area contributed by atoms with E-state index >= 15 is 0 Å². The molecule has 5 heterocycles. The van der Waals surface area contributed by atoms with E-state index in [0.29, 0.717) is 17.3 Å². The number of amides is 1. The van der Waals surface area contributed by atoms with Crippen molar-refractivity contribution >= 4 is 22.5 Å². The van der Waals surface area contributed by atoms with Crippen LogP contribution in [0.1, 0.15) is 10.4 Å². The van der Waals surface area contributed by atoms with Gasteiger partial charge in [0.15, 0.2) is 0 Å². The molecule has 1 saturated heterocycles. The molecule has 0 unspecified atom stereocenters. The van der Waals surface area contributed by atoms with Gasteiger partial charge in [0.05, 0.1) is 11.9 Å². The van der Waals surface area contributed by atoms with Crippen LogP contribution in [0.5, 0.6) is 5.88 Å². The highest BCUT2D eigenvalue weighted by Gasteiger charge is 2.19. The highest BCUT2D eigenvalue weighted by atomic mass is 16.5. The maximum absolute atomic E-state index is 12.7. The minimum absolute atomic E-state index is 0.0978. The molecule has 0 atom stereocenters. The molecule has 0 bridgehead atoms. The third-order valence-electron chi connectivity index (χ3n) is 4.87. The van der Waals surface area contributed by atoms with Crippen molar-refractivity contribution in [1.82, 2.24) is 30.0 Å². The average molecular weight is 401 g/mol. The molecule has 4 aromatic rings. The molecule has 5 rings (SSSR count). The molecule has 0 aromatic carbocycles. The maximum Gasteiger partial charge on any atom is 0.257 e. The van der Waals surface area contributed by atoms with Crippen LogP contribution < -0.4 is 15.4 Å². The number of anilines is 1. The summed E-state index contributed by atoms with van der Waals surface area (Å²) < 4.78 is 7.45. The number of pyridine rings is 3. The third kappa shape index (κ3) is 3.70. The minimum Gasteiger partial charge on any atom is -0.472 e. The van der Waals surface area contributed by atoms with E-state index in [2.05, 4.69) is 30.7 Å². The fourth-order valence-corrected chi connectivity index (χ4v) is 3.14. The standard InChI is InChI=1S/C21H19N7O2/c1-28-12-16(9-26-28)18-4-14-5-19(25-8-15(14)7-24-18)27-21(29)13-2-3-23-20(6-13)30-17-10-22-11-17/h2-9,12,17,22H,10-11H2,1H3,(H,25,27,29). The second-order valence-corrected chi connectivity index (χ2v) is 7.12. The lowest BCUT2D eigenvalue weighted by Crippen LogP contribution is -2.50. The average Bonchev–Trinajstić information content (AvgIpc) is 3.17. The zero-order valence-corrected chi connectivity index (χ0v) is 16.2. The highest BCUT2D eigenvalue weighted by molar-refractivity contribution is 6.04. The largest absolute Gasteiger partial charge is 0.472 e. The number of aromatic nitrogens is 5. The Morgan fingerprint density at radius 3 is 2.77 bits per heavy atom. The van der Waals surface area contributed by atoms with Gasteiger partial charge in [-0.3, -0.25) is 14.5 Å². The summed E-state index contributed by atoms with van der Waals surface area (Å²) in [5, 5.41) is 12.0. The Bertz CT molecular complexity index is 1230. The molecule has 9 heteroatoms. The number of hydrogen-bond donors (Lipinski definition) is 2. The van der Waals surface area contributed by atoms with E-state index in [1.54, 1.807) is 41.6 Å². The van der Waals surface area contributed by atoms with Crippen molar-refractivity contribution in [1.29, 1.82) is 0 Å². The van der Waals surface area contributed by atoms with Crippen molar-refractivity contribution in [2.24, 2.45) is 7.05 Å². The van der Waals surface area contributed by atoms with Gasteiger partial charge < -0.3 is 15.4 Å². The van der Waals surface area contributed by atoms with Gasteiger partial charge in [-0.05, 0) is 23.6 Å². The number of carbonyl (C=O) groups is 1. The summed E-state index contributed by atoms with van der Waals surface area (Å²) in [7, 11) is 1.86. The zero-order valence-electron chi connectivity index (χ0n) is 16.2. The molecule has 0 radical (unpaired) electrons. The lowest BCUT2D eigenvalue weighted by molar-refractivity contribution is 0.102. The quantitative estimate of drug-likeness (QED) is 0.527. The number of rotatable bonds is 5. The highest BCUT2D eigenvalue weighted by Crippen LogP contribution is 2.23. The molecule has 9 nitrogen and oxygen atoms in total. The van der Waals surface area contributed by atoms with Crippen LogP contribution in [-0.2, 0) is 7.05 Å². The smallest absolute Gasteiger partial charge is 0.257 e. The number of carbonyl (C=O) groups excluding carboxylic acids is 1. The van der Waals surface area contributed by atoms with Crippen LogP contribution in [-0.4, -0.2) is 49.8 Å². The van der Waals surface area contributed by atoms with E-state index in [1.165, 1.54) is 0 Å². The number of aryl methyl sites for hydroxylation is 1. The molecule has 0 aliphatic carbocycles. The summed E-state index contributed by atoms with van der Waals surface area (Å²) in [5.74, 6) is 0.619. The van der Waals surface area contributed by atoms with Gasteiger partial charge in [0.2, 0.25) is 5.88 Å². The number of nitrogens with one attached hydrogen (secondary N) is 2. The maximum atomic E-state index is 12.7. The van der Waals surface area contributed by atoms with Gasteiger partial charge in [0.1, 0.15) is 11.9 Å². The van der Waals surface area contributed by atoms with E-state index in [0.717, 1.165) is 35.1 Å². The summed E-state index contributed by atoms with van der Waals surface area (Å²) in [5.41, 5.74) is 2.19. The molecule has 4 aromatic heterocycles. The lowest BCUT2D eigenvalue weighted by Gasteiger charge is -2.27. The van der Waals surface area contributed by atoms with Gasteiger partial charge >= 0.3 is 0 Å². The van der Waals surface area contributed by atoms with Crippen LogP contribution in [0.25, 0.3) is 22.0 Å². The number of ether oxygens (including phenoxy) is 1. The molecule has 1 fully saturated rings. The molecule has 150 valence electrons. The monoisotopic (exact) mass is 401 g/mol. The second kappa shape index (κ2) is 7.53. The molecule has 1 aliphatic heterocycles. The van der Waals surface area contributed by atoms with Crippen LogP contribution in [0.3, 0.4) is 0 Å². The van der Waals surface area contributed by atoms with Crippen LogP contribution in [0.2, 0.25) is 0 Å². The first-order valence-electron chi connectivity index (χ1n) is 9.54. The Labute approximate surface area is 172 Å². The Hall–Kier alpha value is -3.85. The SMILES string of the molecule is Cn1cc(-c2cc3cc(NC(=O)c4ccnc(OC5CNC5)c4)ncc3cn2)cn1. The second-order valence-electron chi connectivity index (χ2n) is 7.12. The zero-order chi connectivity index (χ0) is 20.5. The summed E-state index contributed by atoms with van der Waals surface area (Å²) in [6.45, 7) is 1.57. The van der Waals surface area contributed by atoms with Gasteiger partial charge in [0, 0.05) is 67.5 Å². The van der Waals surface area contributed by atoms with Crippen molar-refractivity contribution in [3.05, 3.63) is 60.8 Å². The topological polar surface area (TPSA) is 107 Å². The summed E-state index contributed by atoms with van der Waals surface area (Å²) in [6.07, 6.45) is 8.78. The van der Waals surface area contributed by atoms with E-state index < -0.39 is 0 Å². The van der Waals surface area contributed by atoms with E-state index in [9.17, 15) is 4.79 Å². The Balaban J connectivity index is 1.36. The lowest BCUT2D eigenvalue weighted by atomic mass is 10.1. The fourth-order valence-electron chi connectivity index (χ4n) is 3.14. The number of nitrogens with zero attached hydrogens (tertiary/aromatic N) is 5. The summed E-state index contributed by atoms with van der Waals surface area (Å²) in [6, 6.07) is 7.06. The van der Waals surface area contributed by atoms with Gasteiger partial charge in [-0.15, -0.1) is 0 Å². The molecule has 1 aliphatic rings. The predicted octanol–water partition coefficient (Wildman–Crippen LogP) is 2.03. The first kappa shape index (κ1) is 18.2. The third-order valence-corrected chi connectivity index (χ3v) is 4.87. The Morgan fingerprint density at radius 2 is 2.00 bits per heavy atom. The molecule has 30 heavy (non-hydrogen) atoms. The predicted molar refractivity (Wildman–Crippen MR) is 111 cm³/mol. The molecular weight excluding hydrogens is 382 g/mol. The Morgan fingerprint density at radius 1 is 1.13 bits per heavy atom. The van der Waals surface area contributed by atoms with Gasteiger partial charge in [-0.1, -0.05) is 0 Å². The van der Waals surface area contributed by atoms with Crippen molar-refractivity contribution in [3.8, 4) is 17.1 Å². The van der Waals surface area contributed by atoms with E-state index in [1.807, 2.05) is 25.4 Å². The first-order chi connectivity index (χ1) is 14.6. The van der Waals surface area contributed by atoms with Crippen LogP contribution in [0.15, 0.2) is 55.2 Å². The number of hydrogen-bond acceptors (Lipinski definition) is 7. The molecule has 0 saturated carbocycles. The molecular formula is C21H19N7O2. The molecule has 1 amide bonds. The number of fused-ring (bicyclic) bond motifs is 1. The molecule has 0 spiro atoms. The van der Waals surface area contributed by atoms with E-state index in [-0.39, 0.29) is 12.0 Å². The van der Waals surface area contributed by atoms with Crippen molar-refractivity contribution < 1.29 is 9.53 Å². The van der Waals surface area contributed by atoms with Crippen LogP contribution in [0, 0.1) is 0 Å². The summed E-state index contributed by atoms with van der Waals surface area (Å²) >= 11 is 0. The fraction of sp³-hybridized carbons (Fsp3) is 0.190. The van der Waals surface area contributed by atoms with Crippen LogP contribution in [0.4, 0.5) is 5.82 Å². The van der Waals surface area contributed by atoms with Crippen molar-refractivity contribution in [2.75, 3.05) is 18.4 Å². The van der Waals surface area contributed by atoms with E-state index in [4.69, 9.17) is 4.74 Å². The molecule has 2 N–H and O–H groups in total. The summed E-state index contributed by atoms with van der Waals surface area (Å²) in [4.78, 5) is 25.7. The Kier molecular flexibility index (Phi) is 4.56. The minimum atomic E-state index is -0.276. The van der Waals surface area contributed by atoms with Crippen molar-refractivity contribution in [2.45, 2.75) is 6.10 Å². The normalized spacial score (nSPS) is 13.8. The van der Waals surface area contributed by atoms with Gasteiger partial charge in [-0.2, -0.15) is 5.10 Å². The first-order valence-corrected chi connectivity index (χ1v) is 9.54. The van der Waals surface area contributed by atoms with Crippen molar-refractivity contribution in [3.63, 3.8) is 0 Å². The van der Waals surface area contributed by atoms with Gasteiger partial charge in [-0.25, -0.2) is 9.97 Å².